The maximum absolute atomic E-state index is 12.0. The molecule has 0 saturated heterocycles. The van der Waals surface area contributed by atoms with Crippen LogP contribution in [0.4, 0.5) is 0 Å². The standard InChI is InChI=1S/C19H19NO5/c21-18(8-4-13-1-5-15(6-2-13)19(22)23)20-12-14-3-7-16-17(11-14)25-10-9-24-16/h1-3,5-7,11H,4,8-10,12H2,(H,20,21)(H,22,23). The average molecular weight is 341 g/mol. The number of carbonyl (C=O) groups excluding carboxylic acids is 1. The van der Waals surface area contributed by atoms with E-state index >= 15 is 0 Å². The van der Waals surface area contributed by atoms with Gasteiger partial charge in [-0.1, -0.05) is 18.2 Å². The van der Waals surface area contributed by atoms with E-state index in [9.17, 15) is 9.59 Å². The monoisotopic (exact) mass is 341 g/mol. The molecule has 0 aromatic heterocycles. The first-order chi connectivity index (χ1) is 12.1. The predicted molar refractivity (Wildman–Crippen MR) is 91.0 cm³/mol. The number of hydrogen-bond donors (Lipinski definition) is 2. The third kappa shape index (κ3) is 4.50. The molecule has 2 N–H and O–H groups in total. The summed E-state index contributed by atoms with van der Waals surface area (Å²) in [5, 5.41) is 11.7. The first kappa shape index (κ1) is 16.8. The van der Waals surface area contributed by atoms with Crippen LogP contribution in [0.1, 0.15) is 27.9 Å². The molecule has 25 heavy (non-hydrogen) atoms. The largest absolute Gasteiger partial charge is 0.486 e. The Morgan fingerprint density at radius 1 is 0.960 bits per heavy atom. The molecule has 0 unspecified atom stereocenters. The first-order valence-corrected chi connectivity index (χ1v) is 8.09. The zero-order valence-electron chi connectivity index (χ0n) is 13.7. The van der Waals surface area contributed by atoms with Gasteiger partial charge in [-0.2, -0.15) is 0 Å². The highest BCUT2D eigenvalue weighted by Gasteiger charge is 2.12. The van der Waals surface area contributed by atoms with Crippen LogP contribution in [0.15, 0.2) is 42.5 Å². The van der Waals surface area contributed by atoms with E-state index < -0.39 is 5.97 Å². The number of nitrogens with one attached hydrogen (secondary N) is 1. The van der Waals surface area contributed by atoms with Crippen molar-refractivity contribution in [2.24, 2.45) is 0 Å². The minimum absolute atomic E-state index is 0.0581. The Morgan fingerprint density at radius 2 is 1.64 bits per heavy atom. The fourth-order valence-electron chi connectivity index (χ4n) is 2.56. The second-order valence-corrected chi connectivity index (χ2v) is 5.76. The SMILES string of the molecule is O=C(CCc1ccc(C(=O)O)cc1)NCc1ccc2c(c1)OCCO2. The second-order valence-electron chi connectivity index (χ2n) is 5.76. The van der Waals surface area contributed by atoms with Crippen LogP contribution in [0.25, 0.3) is 0 Å². The summed E-state index contributed by atoms with van der Waals surface area (Å²) in [6.07, 6.45) is 0.907. The van der Waals surface area contributed by atoms with Crippen LogP contribution in [-0.2, 0) is 17.8 Å². The number of carbonyl (C=O) groups is 2. The number of hydrogen-bond acceptors (Lipinski definition) is 4. The van der Waals surface area contributed by atoms with Gasteiger partial charge in [0.1, 0.15) is 13.2 Å². The number of aromatic carboxylic acids is 1. The van der Waals surface area contributed by atoms with Gasteiger partial charge in [0, 0.05) is 13.0 Å². The van der Waals surface area contributed by atoms with Gasteiger partial charge >= 0.3 is 5.97 Å². The van der Waals surface area contributed by atoms with Crippen LogP contribution in [0.5, 0.6) is 11.5 Å². The third-order valence-electron chi connectivity index (χ3n) is 3.94. The molecular weight excluding hydrogens is 322 g/mol. The van der Waals surface area contributed by atoms with Crippen molar-refractivity contribution in [3.63, 3.8) is 0 Å². The Morgan fingerprint density at radius 3 is 2.36 bits per heavy atom. The van der Waals surface area contributed by atoms with Crippen molar-refractivity contribution in [1.29, 1.82) is 0 Å². The molecule has 1 amide bonds. The van der Waals surface area contributed by atoms with Crippen molar-refractivity contribution in [1.82, 2.24) is 5.32 Å². The number of ether oxygens (including phenoxy) is 2. The van der Waals surface area contributed by atoms with E-state index in [1.165, 1.54) is 0 Å². The van der Waals surface area contributed by atoms with Gasteiger partial charge in [0.05, 0.1) is 5.56 Å². The van der Waals surface area contributed by atoms with E-state index in [4.69, 9.17) is 14.6 Å². The molecule has 0 aliphatic carbocycles. The Kier molecular flexibility index (Phi) is 5.18. The maximum Gasteiger partial charge on any atom is 0.335 e. The highest BCUT2D eigenvalue weighted by Crippen LogP contribution is 2.30. The molecule has 0 radical (unpaired) electrons. The molecule has 0 bridgehead atoms. The fourth-order valence-corrected chi connectivity index (χ4v) is 2.56. The van der Waals surface area contributed by atoms with Gasteiger partial charge in [-0.05, 0) is 41.8 Å². The molecule has 0 spiro atoms. The summed E-state index contributed by atoms with van der Waals surface area (Å²) in [6.45, 7) is 1.51. The van der Waals surface area contributed by atoms with Crippen molar-refractivity contribution in [3.8, 4) is 11.5 Å². The van der Waals surface area contributed by atoms with Gasteiger partial charge in [0.25, 0.3) is 0 Å². The van der Waals surface area contributed by atoms with Gasteiger partial charge in [0.15, 0.2) is 11.5 Å². The summed E-state index contributed by atoms with van der Waals surface area (Å²) >= 11 is 0. The van der Waals surface area contributed by atoms with Crippen molar-refractivity contribution in [2.45, 2.75) is 19.4 Å². The average Bonchev–Trinajstić information content (AvgIpc) is 2.65. The smallest absolute Gasteiger partial charge is 0.335 e. The van der Waals surface area contributed by atoms with E-state index in [-0.39, 0.29) is 11.5 Å². The van der Waals surface area contributed by atoms with E-state index in [0.717, 1.165) is 16.9 Å². The lowest BCUT2D eigenvalue weighted by Gasteiger charge is -2.19. The topological polar surface area (TPSA) is 84.9 Å². The van der Waals surface area contributed by atoms with Crippen LogP contribution in [0.2, 0.25) is 0 Å². The highest BCUT2D eigenvalue weighted by molar-refractivity contribution is 5.87. The summed E-state index contributed by atoms with van der Waals surface area (Å²) in [6, 6.07) is 12.2. The summed E-state index contributed by atoms with van der Waals surface area (Å²) in [7, 11) is 0. The van der Waals surface area contributed by atoms with Crippen LogP contribution in [0.3, 0.4) is 0 Å². The van der Waals surface area contributed by atoms with Crippen molar-refractivity contribution in [3.05, 3.63) is 59.2 Å². The van der Waals surface area contributed by atoms with Crippen molar-refractivity contribution >= 4 is 11.9 Å². The quantitative estimate of drug-likeness (QED) is 0.843. The lowest BCUT2D eigenvalue weighted by molar-refractivity contribution is -0.121. The number of fused-ring (bicyclic) bond motifs is 1. The van der Waals surface area contributed by atoms with Crippen LogP contribution in [-0.4, -0.2) is 30.2 Å². The molecule has 1 aliphatic heterocycles. The van der Waals surface area contributed by atoms with Gasteiger partial charge in [-0.3, -0.25) is 4.79 Å². The number of rotatable bonds is 6. The molecule has 130 valence electrons. The van der Waals surface area contributed by atoms with Gasteiger partial charge in [0.2, 0.25) is 5.91 Å². The lowest BCUT2D eigenvalue weighted by Crippen LogP contribution is -2.23. The molecule has 6 heteroatoms. The minimum Gasteiger partial charge on any atom is -0.486 e. The van der Waals surface area contributed by atoms with Crippen LogP contribution in [0, 0.1) is 0 Å². The molecule has 0 atom stereocenters. The Bertz CT molecular complexity index is 770. The van der Waals surface area contributed by atoms with Crippen LogP contribution < -0.4 is 14.8 Å². The summed E-state index contributed by atoms with van der Waals surface area (Å²) in [4.78, 5) is 22.8. The molecule has 2 aromatic rings. The first-order valence-electron chi connectivity index (χ1n) is 8.09. The Labute approximate surface area is 145 Å². The molecule has 1 aliphatic rings. The number of carboxylic acids is 1. The van der Waals surface area contributed by atoms with E-state index in [1.54, 1.807) is 24.3 Å². The van der Waals surface area contributed by atoms with E-state index in [0.29, 0.717) is 38.3 Å². The molecule has 6 nitrogen and oxygen atoms in total. The molecule has 2 aromatic carbocycles. The fraction of sp³-hybridized carbons (Fsp3) is 0.263. The predicted octanol–water partition coefficient (Wildman–Crippen LogP) is 2.41. The zero-order valence-corrected chi connectivity index (χ0v) is 13.7. The van der Waals surface area contributed by atoms with Gasteiger partial charge in [-0.25, -0.2) is 4.79 Å². The Hall–Kier alpha value is -3.02. The maximum atomic E-state index is 12.0. The zero-order chi connectivity index (χ0) is 17.6. The third-order valence-corrected chi connectivity index (χ3v) is 3.94. The lowest BCUT2D eigenvalue weighted by atomic mass is 10.1. The molecule has 3 rings (SSSR count). The highest BCUT2D eigenvalue weighted by atomic mass is 16.6. The molecule has 0 fully saturated rings. The molecular formula is C19H19NO5. The normalized spacial score (nSPS) is 12.5. The van der Waals surface area contributed by atoms with Crippen LogP contribution >= 0.6 is 0 Å². The number of amides is 1. The summed E-state index contributed by atoms with van der Waals surface area (Å²) in [5.41, 5.74) is 2.12. The molecule has 1 heterocycles. The minimum atomic E-state index is -0.955. The van der Waals surface area contributed by atoms with Gasteiger partial charge < -0.3 is 19.9 Å². The number of carboxylic acid groups (broad SMARTS) is 1. The van der Waals surface area contributed by atoms with Gasteiger partial charge in [-0.15, -0.1) is 0 Å². The van der Waals surface area contributed by atoms with E-state index in [1.807, 2.05) is 18.2 Å². The number of aryl methyl sites for hydroxylation is 1. The summed E-state index contributed by atoms with van der Waals surface area (Å²) < 4.78 is 11.0. The van der Waals surface area contributed by atoms with Crippen molar-refractivity contribution in [2.75, 3.05) is 13.2 Å². The van der Waals surface area contributed by atoms with E-state index in [2.05, 4.69) is 5.32 Å². The number of benzene rings is 2. The second kappa shape index (κ2) is 7.70. The summed E-state index contributed by atoms with van der Waals surface area (Å²) in [5.74, 6) is 0.420. The van der Waals surface area contributed by atoms with Crippen molar-refractivity contribution < 1.29 is 24.2 Å². The Balaban J connectivity index is 1.47. The molecule has 0 saturated carbocycles.